The smallest absolute Gasteiger partial charge is 0.319 e. The van der Waals surface area contributed by atoms with Crippen molar-refractivity contribution in [2.75, 3.05) is 5.32 Å². The number of carbonyl (C=O) groups excluding carboxylic acids is 2. The van der Waals surface area contributed by atoms with Crippen molar-refractivity contribution in [2.45, 2.75) is 32.4 Å². The monoisotopic (exact) mass is 315 g/mol. The molecule has 0 radical (unpaired) electrons. The number of benzene rings is 1. The molecule has 7 nitrogen and oxygen atoms in total. The highest BCUT2D eigenvalue weighted by Gasteiger charge is 2.14. The second-order valence-corrected chi connectivity index (χ2v) is 5.24. The Morgan fingerprint density at radius 3 is 2.70 bits per heavy atom. The second-order valence-electron chi connectivity index (χ2n) is 5.24. The van der Waals surface area contributed by atoms with E-state index in [1.807, 2.05) is 30.3 Å². The molecule has 1 aromatic heterocycles. The first kappa shape index (κ1) is 16.5. The number of hydrogen-bond donors (Lipinski definition) is 3. The van der Waals surface area contributed by atoms with Crippen molar-refractivity contribution in [3.63, 3.8) is 0 Å². The highest BCUT2D eigenvalue weighted by molar-refractivity contribution is 5.89. The predicted molar refractivity (Wildman–Crippen MR) is 87.7 cm³/mol. The molecule has 0 bridgehead atoms. The van der Waals surface area contributed by atoms with E-state index in [9.17, 15) is 9.59 Å². The van der Waals surface area contributed by atoms with Crippen LogP contribution < -0.4 is 16.4 Å². The number of urea groups is 1. The molecule has 1 heterocycles. The molecular weight excluding hydrogens is 294 g/mol. The van der Waals surface area contributed by atoms with Gasteiger partial charge in [0.05, 0.1) is 17.9 Å². The summed E-state index contributed by atoms with van der Waals surface area (Å²) in [6.07, 6.45) is 4.83. The Labute approximate surface area is 134 Å². The molecule has 3 amide bonds. The van der Waals surface area contributed by atoms with Crippen LogP contribution in [0.1, 0.15) is 31.4 Å². The Bertz CT molecular complexity index is 654. The summed E-state index contributed by atoms with van der Waals surface area (Å²) in [5.74, 6) is -0.490. The van der Waals surface area contributed by atoms with E-state index in [0.717, 1.165) is 18.4 Å². The highest BCUT2D eigenvalue weighted by atomic mass is 16.2. The van der Waals surface area contributed by atoms with Crippen molar-refractivity contribution in [1.82, 2.24) is 15.1 Å². The third-order valence-electron chi connectivity index (χ3n) is 3.29. The van der Waals surface area contributed by atoms with Crippen LogP contribution in [0, 0.1) is 0 Å². The van der Waals surface area contributed by atoms with Crippen LogP contribution in [0.2, 0.25) is 0 Å². The van der Waals surface area contributed by atoms with Crippen molar-refractivity contribution >= 4 is 17.6 Å². The maximum absolute atomic E-state index is 12.2. The SMILES string of the molecule is CCCC(NC(=O)Nc1cnn(CC(N)=O)c1)c1ccccc1. The van der Waals surface area contributed by atoms with Gasteiger partial charge in [-0.25, -0.2) is 4.79 Å². The van der Waals surface area contributed by atoms with Gasteiger partial charge in [0, 0.05) is 6.20 Å². The Hall–Kier alpha value is -2.83. The molecule has 0 aliphatic heterocycles. The van der Waals surface area contributed by atoms with Crippen LogP contribution in [0.4, 0.5) is 10.5 Å². The molecule has 0 spiro atoms. The molecule has 0 saturated heterocycles. The zero-order valence-electron chi connectivity index (χ0n) is 13.0. The van der Waals surface area contributed by atoms with Gasteiger partial charge in [0.2, 0.25) is 5.91 Å². The number of carbonyl (C=O) groups is 2. The van der Waals surface area contributed by atoms with Crippen molar-refractivity contribution < 1.29 is 9.59 Å². The summed E-state index contributed by atoms with van der Waals surface area (Å²) in [4.78, 5) is 23.0. The number of aromatic nitrogens is 2. The number of nitrogens with two attached hydrogens (primary N) is 1. The fourth-order valence-corrected chi connectivity index (χ4v) is 2.30. The van der Waals surface area contributed by atoms with E-state index in [2.05, 4.69) is 22.7 Å². The van der Waals surface area contributed by atoms with Gasteiger partial charge in [-0.1, -0.05) is 43.7 Å². The Morgan fingerprint density at radius 1 is 1.30 bits per heavy atom. The quantitative estimate of drug-likeness (QED) is 0.728. The fraction of sp³-hybridized carbons (Fsp3) is 0.312. The standard InChI is InChI=1S/C16H21N5O2/c1-2-6-14(12-7-4-3-5-8-12)20-16(23)19-13-9-18-21(10-13)11-15(17)22/h3-5,7-10,14H,2,6,11H2,1H3,(H2,17,22)(H2,19,20,23). The van der Waals surface area contributed by atoms with Gasteiger partial charge < -0.3 is 16.4 Å². The Kier molecular flexibility index (Phi) is 5.74. The largest absolute Gasteiger partial charge is 0.368 e. The van der Waals surface area contributed by atoms with E-state index in [4.69, 9.17) is 5.73 Å². The molecule has 1 unspecified atom stereocenters. The van der Waals surface area contributed by atoms with Gasteiger partial charge in [0.25, 0.3) is 0 Å². The second kappa shape index (κ2) is 7.98. The first-order valence-corrected chi connectivity index (χ1v) is 7.51. The molecule has 4 N–H and O–H groups in total. The van der Waals surface area contributed by atoms with E-state index in [-0.39, 0.29) is 18.6 Å². The lowest BCUT2D eigenvalue weighted by atomic mass is 10.0. The summed E-state index contributed by atoms with van der Waals surface area (Å²) < 4.78 is 1.37. The average molecular weight is 315 g/mol. The first-order valence-electron chi connectivity index (χ1n) is 7.51. The van der Waals surface area contributed by atoms with E-state index in [1.165, 1.54) is 10.9 Å². The van der Waals surface area contributed by atoms with Crippen molar-refractivity contribution in [2.24, 2.45) is 5.73 Å². The van der Waals surface area contributed by atoms with Gasteiger partial charge in [-0.2, -0.15) is 5.10 Å². The maximum Gasteiger partial charge on any atom is 0.319 e. The molecule has 0 aliphatic rings. The first-order chi connectivity index (χ1) is 11.1. The lowest BCUT2D eigenvalue weighted by Gasteiger charge is -2.18. The van der Waals surface area contributed by atoms with Crippen molar-refractivity contribution in [3.8, 4) is 0 Å². The molecule has 0 aliphatic carbocycles. The highest BCUT2D eigenvalue weighted by Crippen LogP contribution is 2.18. The fourth-order valence-electron chi connectivity index (χ4n) is 2.30. The minimum Gasteiger partial charge on any atom is -0.368 e. The minimum absolute atomic E-state index is 0.0220. The van der Waals surface area contributed by atoms with E-state index in [0.29, 0.717) is 5.69 Å². The summed E-state index contributed by atoms with van der Waals surface area (Å²) in [6.45, 7) is 2.05. The normalized spacial score (nSPS) is 11.7. The zero-order chi connectivity index (χ0) is 16.7. The van der Waals surface area contributed by atoms with Gasteiger partial charge in [0.1, 0.15) is 6.54 Å². The number of rotatable bonds is 7. The summed E-state index contributed by atoms with van der Waals surface area (Å²) in [5, 5.41) is 9.62. The van der Waals surface area contributed by atoms with Crippen LogP contribution in [0.5, 0.6) is 0 Å². The molecule has 7 heteroatoms. The Morgan fingerprint density at radius 2 is 2.04 bits per heavy atom. The number of anilines is 1. The molecule has 122 valence electrons. The van der Waals surface area contributed by atoms with Crippen LogP contribution in [0.3, 0.4) is 0 Å². The van der Waals surface area contributed by atoms with Gasteiger partial charge >= 0.3 is 6.03 Å². The van der Waals surface area contributed by atoms with Gasteiger partial charge in [-0.15, -0.1) is 0 Å². The Balaban J connectivity index is 1.96. The topological polar surface area (TPSA) is 102 Å². The molecule has 2 aromatic rings. The van der Waals surface area contributed by atoms with Crippen LogP contribution in [0.25, 0.3) is 0 Å². The van der Waals surface area contributed by atoms with Gasteiger partial charge in [-0.05, 0) is 12.0 Å². The molecule has 1 aromatic carbocycles. The predicted octanol–water partition coefficient (Wildman–Crippen LogP) is 2.03. The maximum atomic E-state index is 12.2. The molecule has 0 fully saturated rings. The van der Waals surface area contributed by atoms with Crippen LogP contribution in [0.15, 0.2) is 42.7 Å². The van der Waals surface area contributed by atoms with E-state index < -0.39 is 5.91 Å². The lowest BCUT2D eigenvalue weighted by molar-refractivity contribution is -0.118. The molecular formula is C16H21N5O2. The summed E-state index contributed by atoms with van der Waals surface area (Å²) in [5.41, 5.74) is 6.67. The third-order valence-corrected chi connectivity index (χ3v) is 3.29. The number of hydrogen-bond acceptors (Lipinski definition) is 3. The number of nitrogens with zero attached hydrogens (tertiary/aromatic N) is 2. The van der Waals surface area contributed by atoms with Crippen molar-refractivity contribution in [1.29, 1.82) is 0 Å². The molecule has 2 rings (SSSR count). The third kappa shape index (κ3) is 5.14. The van der Waals surface area contributed by atoms with Crippen molar-refractivity contribution in [3.05, 3.63) is 48.3 Å². The summed E-state index contributed by atoms with van der Waals surface area (Å²) in [7, 11) is 0. The van der Waals surface area contributed by atoms with E-state index >= 15 is 0 Å². The zero-order valence-corrected chi connectivity index (χ0v) is 13.0. The minimum atomic E-state index is -0.490. The molecule has 23 heavy (non-hydrogen) atoms. The van der Waals surface area contributed by atoms with Gasteiger partial charge in [0.15, 0.2) is 0 Å². The summed E-state index contributed by atoms with van der Waals surface area (Å²) in [6, 6.07) is 9.46. The average Bonchev–Trinajstić information content (AvgIpc) is 2.93. The van der Waals surface area contributed by atoms with Crippen LogP contribution >= 0.6 is 0 Å². The molecule has 1 atom stereocenters. The van der Waals surface area contributed by atoms with Crippen LogP contribution in [-0.2, 0) is 11.3 Å². The van der Waals surface area contributed by atoms with Crippen LogP contribution in [-0.4, -0.2) is 21.7 Å². The van der Waals surface area contributed by atoms with Gasteiger partial charge in [-0.3, -0.25) is 9.48 Å². The number of nitrogens with one attached hydrogen (secondary N) is 2. The van der Waals surface area contributed by atoms with E-state index in [1.54, 1.807) is 6.20 Å². The number of primary amides is 1. The number of amides is 3. The molecule has 0 saturated carbocycles. The summed E-state index contributed by atoms with van der Waals surface area (Å²) >= 11 is 0. The lowest BCUT2D eigenvalue weighted by Crippen LogP contribution is -2.32.